The average Bonchev–Trinajstić information content (AvgIpc) is 4.01. The molecule has 12 rings (SSSR count). The number of rotatable bonds is 9. The highest BCUT2D eigenvalue weighted by Crippen LogP contribution is 2.39. The van der Waals surface area contributed by atoms with Crippen molar-refractivity contribution in [2.45, 2.75) is 19.3 Å². The SMILES string of the molecule is [2H]c1c([2H])c([2H])c(-c2cccc(-c3c([2H])c([2H])c([2H])c([2H])c3[2H])c2-[n+]2[c-]n(-c3cccc(Oc4ccc5c6cc(-c7ccccc7)ccc6n(-c6cc(N7CCCCC7)ccn6)c5c4)c3)c3ccccc32)c([2H])c1[2H]. The quantitative estimate of drug-likeness (QED) is 0.107. The summed E-state index contributed by atoms with van der Waals surface area (Å²) < 4.78 is 99.7. The van der Waals surface area contributed by atoms with E-state index in [0.717, 1.165) is 70.4 Å². The molecule has 1 fully saturated rings. The predicted octanol–water partition coefficient (Wildman–Crippen LogP) is 14.0. The lowest BCUT2D eigenvalue weighted by atomic mass is 9.95. The van der Waals surface area contributed by atoms with Crippen molar-refractivity contribution in [3.63, 3.8) is 0 Å². The number of piperidine rings is 1. The van der Waals surface area contributed by atoms with Crippen molar-refractivity contribution in [3.8, 4) is 62.1 Å². The Morgan fingerprint density at radius 2 is 1.25 bits per heavy atom. The fourth-order valence-corrected chi connectivity index (χ4v) is 9.20. The highest BCUT2D eigenvalue weighted by molar-refractivity contribution is 6.10. The smallest absolute Gasteiger partial charge is 0.269 e. The molecule has 0 aliphatic carbocycles. The lowest BCUT2D eigenvalue weighted by Crippen LogP contribution is -2.31. The van der Waals surface area contributed by atoms with Crippen LogP contribution in [0.25, 0.3) is 83.4 Å². The molecule has 65 heavy (non-hydrogen) atoms. The van der Waals surface area contributed by atoms with E-state index in [1.807, 2.05) is 85.1 Å². The van der Waals surface area contributed by atoms with Gasteiger partial charge < -0.3 is 9.64 Å². The number of imidazole rings is 1. The summed E-state index contributed by atoms with van der Waals surface area (Å²) in [7, 11) is 0. The molecule has 4 heterocycles. The van der Waals surface area contributed by atoms with Gasteiger partial charge in [0.05, 0.1) is 47.1 Å². The predicted molar refractivity (Wildman–Crippen MR) is 265 cm³/mol. The molecule has 6 nitrogen and oxygen atoms in total. The van der Waals surface area contributed by atoms with Crippen LogP contribution in [-0.2, 0) is 0 Å². The molecule has 11 aromatic rings. The van der Waals surface area contributed by atoms with Crippen LogP contribution in [0, 0.1) is 6.33 Å². The summed E-state index contributed by atoms with van der Waals surface area (Å²) in [4.78, 5) is 7.38. The number of pyridine rings is 1. The highest BCUT2D eigenvalue weighted by atomic mass is 16.5. The molecule has 8 aromatic carbocycles. The van der Waals surface area contributed by atoms with Crippen LogP contribution in [-0.4, -0.2) is 27.2 Å². The Balaban J connectivity index is 1.00. The molecule has 0 unspecified atom stereocenters. The van der Waals surface area contributed by atoms with Crippen molar-refractivity contribution in [3.05, 3.63) is 219 Å². The van der Waals surface area contributed by atoms with E-state index in [1.165, 1.54) is 6.42 Å². The Hall–Kier alpha value is -8.22. The lowest BCUT2D eigenvalue weighted by Gasteiger charge is -2.29. The van der Waals surface area contributed by atoms with Gasteiger partial charge in [-0.3, -0.25) is 13.7 Å². The number of benzene rings is 8. The van der Waals surface area contributed by atoms with Crippen molar-refractivity contribution >= 4 is 38.5 Å². The number of aromatic nitrogens is 4. The molecule has 1 saturated heterocycles. The fraction of sp³-hybridized carbons (Fsp3) is 0.0847. The van der Waals surface area contributed by atoms with Crippen LogP contribution < -0.4 is 14.2 Å². The van der Waals surface area contributed by atoms with Crippen LogP contribution >= 0.6 is 0 Å². The largest absolute Gasteiger partial charge is 0.458 e. The zero-order valence-electron chi connectivity index (χ0n) is 45.1. The summed E-state index contributed by atoms with van der Waals surface area (Å²) in [6.45, 7) is 2.01. The van der Waals surface area contributed by atoms with Crippen molar-refractivity contribution < 1.29 is 23.0 Å². The number of ether oxygens (including phenoxy) is 1. The average molecular weight is 850 g/mol. The first-order valence-corrected chi connectivity index (χ1v) is 21.7. The van der Waals surface area contributed by atoms with Gasteiger partial charge in [0.1, 0.15) is 17.3 Å². The van der Waals surface area contributed by atoms with E-state index in [1.54, 1.807) is 27.3 Å². The van der Waals surface area contributed by atoms with Crippen molar-refractivity contribution in [2.24, 2.45) is 0 Å². The van der Waals surface area contributed by atoms with Crippen LogP contribution in [0.15, 0.2) is 212 Å². The summed E-state index contributed by atoms with van der Waals surface area (Å²) in [6.07, 6.45) is 8.89. The lowest BCUT2D eigenvalue weighted by molar-refractivity contribution is -0.571. The second-order valence-electron chi connectivity index (χ2n) is 16.1. The van der Waals surface area contributed by atoms with Gasteiger partial charge in [0.25, 0.3) is 6.33 Å². The second-order valence-corrected chi connectivity index (χ2v) is 16.1. The standard InChI is InChI=1S/C59H45N5O/c1-5-17-42(18-6-1)45-29-32-54-53(37-45)52-31-30-49(40-57(52)64(54)58-39-46(33-34-60-58)61-35-13-4-14-36-61)65-48-24-15-23-47(38-48)62-41-63(56-28-12-11-27-55(56)62)59-50(43-19-7-2-8-20-43)25-16-26-51(59)44-21-9-3-10-22-44/h1-3,5-12,15-34,37-40H,4,13-14,35-36H2/i2D,3D,7D,8D,9D,10D,19D,20D,21D,22D. The molecule has 0 bridgehead atoms. The van der Waals surface area contributed by atoms with E-state index in [4.69, 9.17) is 23.4 Å². The maximum Gasteiger partial charge on any atom is 0.269 e. The summed E-state index contributed by atoms with van der Waals surface area (Å²) >= 11 is 0. The molecule has 0 amide bonds. The van der Waals surface area contributed by atoms with Gasteiger partial charge in [-0.2, -0.15) is 0 Å². The highest BCUT2D eigenvalue weighted by Gasteiger charge is 2.21. The first-order valence-electron chi connectivity index (χ1n) is 26.7. The van der Waals surface area contributed by atoms with E-state index in [2.05, 4.69) is 64.3 Å². The van der Waals surface area contributed by atoms with Crippen LogP contribution in [0.2, 0.25) is 0 Å². The van der Waals surface area contributed by atoms with Crippen molar-refractivity contribution in [1.82, 2.24) is 14.1 Å². The van der Waals surface area contributed by atoms with Gasteiger partial charge in [0.15, 0.2) is 0 Å². The van der Waals surface area contributed by atoms with E-state index in [-0.39, 0.29) is 27.9 Å². The van der Waals surface area contributed by atoms with E-state index in [0.29, 0.717) is 28.2 Å². The van der Waals surface area contributed by atoms with Crippen LogP contribution in [0.1, 0.15) is 33.0 Å². The Labute approximate surface area is 392 Å². The topological polar surface area (TPSA) is 39.1 Å². The monoisotopic (exact) mass is 849 g/mol. The Morgan fingerprint density at radius 3 is 2.03 bits per heavy atom. The van der Waals surface area contributed by atoms with Crippen molar-refractivity contribution in [2.75, 3.05) is 18.0 Å². The first-order chi connectivity index (χ1) is 36.4. The normalized spacial score (nSPS) is 15.0. The summed E-state index contributed by atoms with van der Waals surface area (Å²) in [5.74, 6) is 1.91. The molecule has 0 N–H and O–H groups in total. The van der Waals surface area contributed by atoms with E-state index < -0.39 is 60.4 Å². The van der Waals surface area contributed by atoms with Gasteiger partial charge in [-0.05, 0) is 101 Å². The van der Waals surface area contributed by atoms with Crippen molar-refractivity contribution in [1.29, 1.82) is 0 Å². The van der Waals surface area contributed by atoms with Crippen LogP contribution in [0.3, 0.4) is 0 Å². The number of hydrogen-bond donors (Lipinski definition) is 0. The number of anilines is 1. The fourth-order valence-electron chi connectivity index (χ4n) is 9.20. The molecule has 0 spiro atoms. The van der Waals surface area contributed by atoms with Gasteiger partial charge in [-0.1, -0.05) is 145 Å². The van der Waals surface area contributed by atoms with E-state index in [9.17, 15) is 0 Å². The van der Waals surface area contributed by atoms with E-state index >= 15 is 0 Å². The third kappa shape index (κ3) is 7.10. The molecular weight excluding hydrogens is 795 g/mol. The van der Waals surface area contributed by atoms with Gasteiger partial charge in [-0.15, -0.1) is 0 Å². The molecular formula is C59H45N5O. The minimum Gasteiger partial charge on any atom is -0.458 e. The minimum absolute atomic E-state index is 0.128. The Bertz CT molecular complexity index is 3970. The second kappa shape index (κ2) is 16.5. The summed E-state index contributed by atoms with van der Waals surface area (Å²) in [5, 5.41) is 2.12. The number of fused-ring (bicyclic) bond motifs is 4. The third-order valence-electron chi connectivity index (χ3n) is 12.2. The van der Waals surface area contributed by atoms with Crippen LogP contribution in [0.5, 0.6) is 11.5 Å². The van der Waals surface area contributed by atoms with Gasteiger partial charge in [-0.25, -0.2) is 4.98 Å². The summed E-state index contributed by atoms with van der Waals surface area (Å²) in [5.41, 5.74) is 7.40. The molecule has 6 heteroatoms. The zero-order valence-corrected chi connectivity index (χ0v) is 35.1. The maximum absolute atomic E-state index is 9.05. The molecule has 3 aromatic heterocycles. The number of hydrogen-bond acceptors (Lipinski definition) is 3. The molecule has 0 atom stereocenters. The van der Waals surface area contributed by atoms with Crippen LogP contribution in [0.4, 0.5) is 5.69 Å². The number of para-hydroxylation sites is 3. The molecule has 0 saturated carbocycles. The molecule has 1 aliphatic rings. The summed E-state index contributed by atoms with van der Waals surface area (Å²) in [6, 6.07) is 41.8. The van der Waals surface area contributed by atoms with Gasteiger partial charge >= 0.3 is 0 Å². The molecule has 1 aliphatic heterocycles. The first kappa shape index (κ1) is 29.2. The number of nitrogens with zero attached hydrogens (tertiary/aromatic N) is 5. The Kier molecular flexibility index (Phi) is 7.40. The molecule has 0 radical (unpaired) electrons. The third-order valence-corrected chi connectivity index (χ3v) is 12.2. The Morgan fingerprint density at radius 1 is 0.523 bits per heavy atom. The maximum atomic E-state index is 9.05. The van der Waals surface area contributed by atoms with Gasteiger partial charge in [0, 0.05) is 47.9 Å². The minimum atomic E-state index is -0.565. The molecule has 312 valence electrons. The van der Waals surface area contributed by atoms with Gasteiger partial charge in [0.2, 0.25) is 0 Å². The zero-order chi connectivity index (χ0) is 51.8.